The normalized spacial score (nSPS) is 12.7. The molecular weight excluding hydrogens is 396 g/mol. The molecule has 6 heteroatoms. The molecule has 1 atom stereocenters. The molecule has 0 spiro atoms. The van der Waals surface area contributed by atoms with Gasteiger partial charge in [-0.25, -0.2) is 4.39 Å². The fraction of sp³-hybridized carbons (Fsp3) is 0.562. The predicted octanol–water partition coefficient (Wildman–Crippen LogP) is 3.64. The van der Waals surface area contributed by atoms with Crippen molar-refractivity contribution in [2.24, 2.45) is 10.9 Å². The molecule has 0 heterocycles. The molecule has 0 aromatic heterocycles. The van der Waals surface area contributed by atoms with Gasteiger partial charge in [0.05, 0.1) is 0 Å². The van der Waals surface area contributed by atoms with Gasteiger partial charge < -0.3 is 15.7 Å². The minimum atomic E-state index is -0.609. The van der Waals surface area contributed by atoms with Crippen LogP contribution in [-0.4, -0.2) is 24.2 Å². The molecule has 1 aromatic carbocycles. The van der Waals surface area contributed by atoms with Crippen molar-refractivity contribution in [3.63, 3.8) is 0 Å². The third kappa shape index (κ3) is 7.82. The summed E-state index contributed by atoms with van der Waals surface area (Å²) >= 11 is 0. The van der Waals surface area contributed by atoms with E-state index in [2.05, 4.69) is 36.4 Å². The molecule has 0 saturated heterocycles. The van der Waals surface area contributed by atoms with Gasteiger partial charge in [0.25, 0.3) is 0 Å². The van der Waals surface area contributed by atoms with Crippen LogP contribution in [0.2, 0.25) is 0 Å². The van der Waals surface area contributed by atoms with Gasteiger partial charge in [0.15, 0.2) is 17.5 Å². The van der Waals surface area contributed by atoms with E-state index in [-0.39, 0.29) is 29.7 Å². The fourth-order valence-corrected chi connectivity index (χ4v) is 1.93. The molecule has 0 saturated carbocycles. The summed E-state index contributed by atoms with van der Waals surface area (Å²) < 4.78 is 13.2. The van der Waals surface area contributed by atoms with Crippen molar-refractivity contribution in [2.45, 2.75) is 46.2 Å². The Balaban J connectivity index is 0.00000441. The highest BCUT2D eigenvalue weighted by atomic mass is 127. The van der Waals surface area contributed by atoms with Crippen molar-refractivity contribution >= 4 is 29.9 Å². The van der Waals surface area contributed by atoms with Crippen LogP contribution in [0.1, 0.15) is 39.2 Å². The second-order valence-electron chi connectivity index (χ2n) is 5.73. The van der Waals surface area contributed by atoms with Gasteiger partial charge in [-0.15, -0.1) is 24.0 Å². The highest BCUT2D eigenvalue weighted by molar-refractivity contribution is 14.0. The Hall–Kier alpha value is -1.05. The molecular formula is C16H27FIN3O. The molecule has 22 heavy (non-hydrogen) atoms. The maximum Gasteiger partial charge on any atom is 0.191 e. The molecule has 0 radical (unpaired) electrons. The van der Waals surface area contributed by atoms with Gasteiger partial charge in [-0.05, 0) is 43.4 Å². The summed E-state index contributed by atoms with van der Waals surface area (Å²) in [6.45, 7) is 6.99. The van der Waals surface area contributed by atoms with Crippen LogP contribution in [0.25, 0.3) is 0 Å². The Morgan fingerprint density at radius 2 is 1.95 bits per heavy atom. The zero-order chi connectivity index (χ0) is 15.8. The molecule has 1 unspecified atom stereocenters. The monoisotopic (exact) mass is 423 g/mol. The van der Waals surface area contributed by atoms with Crippen LogP contribution in [0.5, 0.6) is 5.75 Å². The van der Waals surface area contributed by atoms with Crippen LogP contribution in [-0.2, 0) is 6.54 Å². The van der Waals surface area contributed by atoms with E-state index in [1.54, 1.807) is 13.1 Å². The summed E-state index contributed by atoms with van der Waals surface area (Å²) in [5, 5.41) is 15.6. The molecule has 1 aromatic rings. The van der Waals surface area contributed by atoms with Crippen molar-refractivity contribution in [3.8, 4) is 5.75 Å². The Morgan fingerprint density at radius 3 is 2.50 bits per heavy atom. The first-order chi connectivity index (χ1) is 9.92. The van der Waals surface area contributed by atoms with E-state index >= 15 is 0 Å². The third-order valence-corrected chi connectivity index (χ3v) is 3.26. The average Bonchev–Trinajstić information content (AvgIpc) is 2.44. The number of aliphatic imine (C=N–C) groups is 1. The average molecular weight is 423 g/mol. The maximum atomic E-state index is 13.2. The van der Waals surface area contributed by atoms with Crippen LogP contribution in [0, 0.1) is 11.7 Å². The minimum absolute atomic E-state index is 0. The molecule has 0 bridgehead atoms. The van der Waals surface area contributed by atoms with Gasteiger partial charge in [0.1, 0.15) is 0 Å². The lowest BCUT2D eigenvalue weighted by atomic mass is 10.0. The first-order valence-corrected chi connectivity index (χ1v) is 7.37. The van der Waals surface area contributed by atoms with E-state index in [4.69, 9.17) is 5.11 Å². The molecule has 0 fully saturated rings. The number of nitrogens with one attached hydrogen (secondary N) is 2. The van der Waals surface area contributed by atoms with Crippen molar-refractivity contribution < 1.29 is 9.50 Å². The standard InChI is InChI=1S/C16H26FN3O.HI/c1-11(2)5-6-12(3)20-16(18-4)19-10-13-7-8-15(21)14(17)9-13;/h7-9,11-12,21H,5-6,10H2,1-4H3,(H2,18,19,20);1H. The van der Waals surface area contributed by atoms with Gasteiger partial charge in [-0.2, -0.15) is 0 Å². The molecule has 0 aliphatic carbocycles. The first-order valence-electron chi connectivity index (χ1n) is 7.37. The fourth-order valence-electron chi connectivity index (χ4n) is 1.93. The summed E-state index contributed by atoms with van der Waals surface area (Å²) in [5.74, 6) is 0.440. The molecule has 0 amide bonds. The lowest BCUT2D eigenvalue weighted by Gasteiger charge is -2.18. The number of nitrogens with zero attached hydrogens (tertiary/aromatic N) is 1. The Labute approximate surface area is 149 Å². The van der Waals surface area contributed by atoms with Gasteiger partial charge in [-0.3, -0.25) is 4.99 Å². The van der Waals surface area contributed by atoms with Crippen LogP contribution >= 0.6 is 24.0 Å². The molecule has 4 nitrogen and oxygen atoms in total. The Bertz CT molecular complexity index is 480. The largest absolute Gasteiger partial charge is 0.505 e. The Morgan fingerprint density at radius 1 is 1.27 bits per heavy atom. The van der Waals surface area contributed by atoms with Gasteiger partial charge in [0.2, 0.25) is 0 Å². The quantitative estimate of drug-likeness (QED) is 0.372. The van der Waals surface area contributed by atoms with Crippen LogP contribution in [0.4, 0.5) is 4.39 Å². The highest BCUT2D eigenvalue weighted by Crippen LogP contribution is 2.15. The van der Waals surface area contributed by atoms with E-state index in [0.717, 1.165) is 18.4 Å². The minimum Gasteiger partial charge on any atom is -0.505 e. The first kappa shape index (κ1) is 20.9. The SMILES string of the molecule is CN=C(NCc1ccc(O)c(F)c1)NC(C)CCC(C)C.I. The van der Waals surface area contributed by atoms with E-state index in [9.17, 15) is 4.39 Å². The number of benzene rings is 1. The third-order valence-electron chi connectivity index (χ3n) is 3.26. The number of phenols is 1. The number of hydrogen-bond acceptors (Lipinski definition) is 2. The van der Waals surface area contributed by atoms with Crippen LogP contribution in [0.3, 0.4) is 0 Å². The number of phenolic OH excluding ortho intramolecular Hbond substituents is 1. The second kappa shape index (κ2) is 10.6. The number of guanidine groups is 1. The highest BCUT2D eigenvalue weighted by Gasteiger charge is 2.07. The smallest absolute Gasteiger partial charge is 0.191 e. The van der Waals surface area contributed by atoms with E-state index in [1.807, 2.05) is 0 Å². The number of rotatable bonds is 6. The lowest BCUT2D eigenvalue weighted by molar-refractivity contribution is 0.431. The summed E-state index contributed by atoms with van der Waals surface area (Å²) in [6, 6.07) is 4.68. The molecule has 1 rings (SSSR count). The number of hydrogen-bond donors (Lipinski definition) is 3. The summed E-state index contributed by atoms with van der Waals surface area (Å²) in [7, 11) is 1.71. The van der Waals surface area contributed by atoms with E-state index in [0.29, 0.717) is 24.5 Å². The lowest BCUT2D eigenvalue weighted by Crippen LogP contribution is -2.41. The summed E-state index contributed by atoms with van der Waals surface area (Å²) in [5.41, 5.74) is 0.753. The second-order valence-corrected chi connectivity index (χ2v) is 5.73. The molecule has 0 aliphatic heterocycles. The number of halogens is 2. The number of aromatic hydroxyl groups is 1. The molecule has 0 aliphatic rings. The summed E-state index contributed by atoms with van der Waals surface area (Å²) in [4.78, 5) is 4.16. The topological polar surface area (TPSA) is 56.7 Å². The van der Waals surface area contributed by atoms with Crippen LogP contribution < -0.4 is 10.6 Å². The van der Waals surface area contributed by atoms with E-state index in [1.165, 1.54) is 12.1 Å². The van der Waals surface area contributed by atoms with Crippen molar-refractivity contribution in [1.82, 2.24) is 10.6 Å². The molecule has 126 valence electrons. The zero-order valence-electron chi connectivity index (χ0n) is 13.7. The maximum absolute atomic E-state index is 13.2. The summed E-state index contributed by atoms with van der Waals surface area (Å²) in [6.07, 6.45) is 2.24. The van der Waals surface area contributed by atoms with Crippen LogP contribution in [0.15, 0.2) is 23.2 Å². The zero-order valence-corrected chi connectivity index (χ0v) is 16.0. The van der Waals surface area contributed by atoms with Gasteiger partial charge in [-0.1, -0.05) is 19.9 Å². The van der Waals surface area contributed by atoms with Crippen molar-refractivity contribution in [1.29, 1.82) is 0 Å². The van der Waals surface area contributed by atoms with Crippen molar-refractivity contribution in [3.05, 3.63) is 29.6 Å². The van der Waals surface area contributed by atoms with E-state index < -0.39 is 5.82 Å². The Kier molecular flexibility index (Phi) is 10.1. The van der Waals surface area contributed by atoms with Crippen molar-refractivity contribution in [2.75, 3.05) is 7.05 Å². The van der Waals surface area contributed by atoms with Gasteiger partial charge in [0, 0.05) is 19.6 Å². The predicted molar refractivity (Wildman–Crippen MR) is 100 cm³/mol. The molecule has 3 N–H and O–H groups in total. The van der Waals surface area contributed by atoms with Gasteiger partial charge >= 0.3 is 0 Å².